The van der Waals surface area contributed by atoms with Gasteiger partial charge < -0.3 is 10.6 Å². The molecule has 0 radical (unpaired) electrons. The first kappa shape index (κ1) is 15.0. The van der Waals surface area contributed by atoms with E-state index >= 15 is 0 Å². The number of hydrogen-bond donors (Lipinski definition) is 1. The second kappa shape index (κ2) is 6.89. The predicted octanol–water partition coefficient (Wildman–Crippen LogP) is 2.97. The lowest BCUT2D eigenvalue weighted by atomic mass is 9.81. The normalized spacial score (nSPS) is 24.1. The van der Waals surface area contributed by atoms with Crippen molar-refractivity contribution in [1.82, 2.24) is 4.90 Å². The van der Waals surface area contributed by atoms with Crippen LogP contribution in [0.2, 0.25) is 0 Å². The molecule has 0 aliphatic heterocycles. The van der Waals surface area contributed by atoms with Crippen LogP contribution in [0.5, 0.6) is 0 Å². The molecule has 1 aromatic carbocycles. The second-order valence-electron chi connectivity index (χ2n) is 5.99. The van der Waals surface area contributed by atoms with Crippen LogP contribution < -0.4 is 5.73 Å². The van der Waals surface area contributed by atoms with Crippen molar-refractivity contribution >= 4 is 5.91 Å². The van der Waals surface area contributed by atoms with Gasteiger partial charge in [0.15, 0.2) is 0 Å². The van der Waals surface area contributed by atoms with E-state index in [1.807, 2.05) is 30.1 Å². The average Bonchev–Trinajstić information content (AvgIpc) is 2.53. The third-order valence-electron chi connectivity index (χ3n) is 4.74. The number of carbonyl (C=O) groups is 1. The maximum Gasteiger partial charge on any atom is 0.225 e. The van der Waals surface area contributed by atoms with Gasteiger partial charge in [-0.05, 0) is 50.6 Å². The summed E-state index contributed by atoms with van der Waals surface area (Å²) in [7, 11) is 1.93. The third kappa shape index (κ3) is 3.40. The quantitative estimate of drug-likeness (QED) is 0.917. The van der Waals surface area contributed by atoms with Gasteiger partial charge in [-0.3, -0.25) is 4.79 Å². The molecule has 20 heavy (non-hydrogen) atoms. The maximum atomic E-state index is 12.6. The van der Waals surface area contributed by atoms with Crippen molar-refractivity contribution in [2.75, 3.05) is 13.6 Å². The molecule has 0 heterocycles. The van der Waals surface area contributed by atoms with Crippen molar-refractivity contribution in [3.8, 4) is 0 Å². The Morgan fingerprint density at radius 3 is 2.40 bits per heavy atom. The highest BCUT2D eigenvalue weighted by Crippen LogP contribution is 2.31. The van der Waals surface area contributed by atoms with E-state index < -0.39 is 0 Å². The fraction of sp³-hybridized carbons (Fsp3) is 0.588. The Morgan fingerprint density at radius 2 is 1.85 bits per heavy atom. The SMILES string of the molecule is CC(c1ccccc1)N(C)C(=O)C1CCC(CN)CC1. The van der Waals surface area contributed by atoms with E-state index in [9.17, 15) is 4.79 Å². The molecule has 0 saturated heterocycles. The predicted molar refractivity (Wildman–Crippen MR) is 82.1 cm³/mol. The summed E-state index contributed by atoms with van der Waals surface area (Å²) in [6.07, 6.45) is 4.18. The monoisotopic (exact) mass is 274 g/mol. The summed E-state index contributed by atoms with van der Waals surface area (Å²) in [5.41, 5.74) is 6.91. The summed E-state index contributed by atoms with van der Waals surface area (Å²) < 4.78 is 0. The Balaban J connectivity index is 1.95. The summed E-state index contributed by atoms with van der Waals surface area (Å²) in [6, 6.07) is 10.4. The molecule has 0 bridgehead atoms. The molecule has 1 amide bonds. The van der Waals surface area contributed by atoms with Crippen LogP contribution >= 0.6 is 0 Å². The van der Waals surface area contributed by atoms with Gasteiger partial charge in [0, 0.05) is 13.0 Å². The van der Waals surface area contributed by atoms with E-state index in [2.05, 4.69) is 19.1 Å². The average molecular weight is 274 g/mol. The lowest BCUT2D eigenvalue weighted by Crippen LogP contribution is -2.37. The number of nitrogens with two attached hydrogens (primary N) is 1. The van der Waals surface area contributed by atoms with E-state index in [0.717, 1.165) is 32.2 Å². The zero-order valence-corrected chi connectivity index (χ0v) is 12.6. The fourth-order valence-corrected chi connectivity index (χ4v) is 3.08. The Labute approximate surface area is 122 Å². The van der Waals surface area contributed by atoms with Crippen molar-refractivity contribution in [2.45, 2.75) is 38.6 Å². The van der Waals surface area contributed by atoms with Crippen LogP contribution in [0.4, 0.5) is 0 Å². The highest BCUT2D eigenvalue weighted by molar-refractivity contribution is 5.79. The minimum absolute atomic E-state index is 0.135. The summed E-state index contributed by atoms with van der Waals surface area (Å²) >= 11 is 0. The molecule has 2 N–H and O–H groups in total. The molecule has 1 fully saturated rings. The van der Waals surface area contributed by atoms with E-state index in [0.29, 0.717) is 5.92 Å². The van der Waals surface area contributed by atoms with E-state index in [4.69, 9.17) is 5.73 Å². The number of rotatable bonds is 4. The van der Waals surface area contributed by atoms with Crippen molar-refractivity contribution in [2.24, 2.45) is 17.6 Å². The van der Waals surface area contributed by atoms with Crippen LogP contribution in [0, 0.1) is 11.8 Å². The Bertz CT molecular complexity index is 424. The van der Waals surface area contributed by atoms with Crippen molar-refractivity contribution in [3.63, 3.8) is 0 Å². The number of carbonyl (C=O) groups excluding carboxylic acids is 1. The van der Waals surface area contributed by atoms with Gasteiger partial charge in [-0.15, -0.1) is 0 Å². The minimum Gasteiger partial charge on any atom is -0.339 e. The second-order valence-corrected chi connectivity index (χ2v) is 5.99. The standard InChI is InChI=1S/C17H26N2O/c1-13(15-6-4-3-5-7-15)19(2)17(20)16-10-8-14(12-18)9-11-16/h3-7,13-14,16H,8-12,18H2,1-2H3. The molecule has 1 aromatic rings. The summed E-state index contributed by atoms with van der Waals surface area (Å²) in [5, 5.41) is 0. The Morgan fingerprint density at radius 1 is 1.25 bits per heavy atom. The maximum absolute atomic E-state index is 12.6. The molecular formula is C17H26N2O. The van der Waals surface area contributed by atoms with E-state index in [1.165, 1.54) is 5.56 Å². The topological polar surface area (TPSA) is 46.3 Å². The molecule has 1 aliphatic rings. The van der Waals surface area contributed by atoms with Crippen LogP contribution in [0.1, 0.15) is 44.2 Å². The van der Waals surface area contributed by atoms with Crippen molar-refractivity contribution < 1.29 is 4.79 Å². The van der Waals surface area contributed by atoms with Gasteiger partial charge in [-0.2, -0.15) is 0 Å². The first-order chi connectivity index (χ1) is 9.63. The van der Waals surface area contributed by atoms with Gasteiger partial charge in [-0.25, -0.2) is 0 Å². The molecule has 0 aromatic heterocycles. The van der Waals surface area contributed by atoms with Gasteiger partial charge in [0.1, 0.15) is 0 Å². The van der Waals surface area contributed by atoms with Crippen LogP contribution in [0.15, 0.2) is 30.3 Å². The van der Waals surface area contributed by atoms with E-state index in [-0.39, 0.29) is 17.9 Å². The van der Waals surface area contributed by atoms with Crippen LogP contribution in [0.25, 0.3) is 0 Å². The molecule has 0 spiro atoms. The van der Waals surface area contributed by atoms with Gasteiger partial charge in [0.2, 0.25) is 5.91 Å². The van der Waals surface area contributed by atoms with Gasteiger partial charge in [-0.1, -0.05) is 30.3 Å². The molecule has 1 atom stereocenters. The Hall–Kier alpha value is -1.35. The molecule has 3 nitrogen and oxygen atoms in total. The first-order valence-electron chi connectivity index (χ1n) is 7.65. The number of hydrogen-bond acceptors (Lipinski definition) is 2. The molecule has 3 heteroatoms. The third-order valence-corrected chi connectivity index (χ3v) is 4.74. The molecule has 110 valence electrons. The van der Waals surface area contributed by atoms with E-state index in [1.54, 1.807) is 0 Å². The number of benzene rings is 1. The largest absolute Gasteiger partial charge is 0.339 e. The van der Waals surface area contributed by atoms with Crippen LogP contribution in [0.3, 0.4) is 0 Å². The summed E-state index contributed by atoms with van der Waals surface area (Å²) in [6.45, 7) is 2.86. The lowest BCUT2D eigenvalue weighted by Gasteiger charge is -2.33. The molecule has 1 saturated carbocycles. The first-order valence-corrected chi connectivity index (χ1v) is 7.65. The molecule has 1 aliphatic carbocycles. The van der Waals surface area contributed by atoms with Crippen molar-refractivity contribution in [1.29, 1.82) is 0 Å². The Kier molecular flexibility index (Phi) is 5.18. The highest BCUT2D eigenvalue weighted by Gasteiger charge is 2.29. The number of nitrogens with zero attached hydrogens (tertiary/aromatic N) is 1. The smallest absolute Gasteiger partial charge is 0.225 e. The molecule has 2 rings (SSSR count). The van der Waals surface area contributed by atoms with Gasteiger partial charge in [0.05, 0.1) is 6.04 Å². The molecular weight excluding hydrogens is 248 g/mol. The van der Waals surface area contributed by atoms with Gasteiger partial charge in [0.25, 0.3) is 0 Å². The lowest BCUT2D eigenvalue weighted by molar-refractivity contribution is -0.137. The zero-order valence-electron chi connectivity index (χ0n) is 12.6. The fourth-order valence-electron chi connectivity index (χ4n) is 3.08. The summed E-state index contributed by atoms with van der Waals surface area (Å²) in [5.74, 6) is 1.10. The minimum atomic E-state index is 0.135. The van der Waals surface area contributed by atoms with Crippen LogP contribution in [-0.4, -0.2) is 24.4 Å². The zero-order chi connectivity index (χ0) is 14.5. The highest BCUT2D eigenvalue weighted by atomic mass is 16.2. The molecule has 1 unspecified atom stereocenters. The van der Waals surface area contributed by atoms with Gasteiger partial charge >= 0.3 is 0 Å². The summed E-state index contributed by atoms with van der Waals surface area (Å²) in [4.78, 5) is 14.5. The van der Waals surface area contributed by atoms with Crippen molar-refractivity contribution in [3.05, 3.63) is 35.9 Å². The van der Waals surface area contributed by atoms with Crippen LogP contribution in [-0.2, 0) is 4.79 Å². The number of amides is 1.